The Morgan fingerprint density at radius 2 is 1.50 bits per heavy atom. The second-order valence-corrected chi connectivity index (χ2v) is 17.1. The predicted molar refractivity (Wildman–Crippen MR) is 247 cm³/mol. The molecule has 2 unspecified atom stereocenters. The summed E-state index contributed by atoms with van der Waals surface area (Å²) >= 11 is 1.96. The number of hydrogen-bond acceptors (Lipinski definition) is 3. The van der Waals surface area contributed by atoms with Crippen LogP contribution in [0, 0.1) is 5.92 Å². The first-order valence-corrected chi connectivity index (χ1v) is 21.7. The number of benzene rings is 6. The smallest absolute Gasteiger partial charge is 0.143 e. The van der Waals surface area contributed by atoms with Gasteiger partial charge in [0.15, 0.2) is 0 Å². The topological polar surface area (TPSA) is 21.3 Å². The summed E-state index contributed by atoms with van der Waals surface area (Å²) in [5.74, 6) is 0.524. The molecular formula is C54H42N2OS. The quantitative estimate of drug-likeness (QED) is 0.157. The molecule has 12 rings (SSSR count). The molecule has 0 fully saturated rings. The Balaban J connectivity index is 1.02. The van der Waals surface area contributed by atoms with Crippen molar-refractivity contribution < 1.29 is 4.42 Å². The second kappa shape index (κ2) is 13.6. The number of fused-ring (bicyclic) bond motifs is 10. The van der Waals surface area contributed by atoms with Crippen molar-refractivity contribution in [3.8, 4) is 16.8 Å². The largest absolute Gasteiger partial charge is 0.455 e. The summed E-state index contributed by atoms with van der Waals surface area (Å²) < 4.78 is 11.7. The molecule has 4 heteroatoms. The van der Waals surface area contributed by atoms with Gasteiger partial charge in [0.05, 0.1) is 21.9 Å². The van der Waals surface area contributed by atoms with E-state index in [0.717, 1.165) is 52.3 Å². The van der Waals surface area contributed by atoms with Crippen LogP contribution in [0.4, 0.5) is 11.4 Å². The van der Waals surface area contributed by atoms with Crippen molar-refractivity contribution in [2.75, 3.05) is 4.90 Å². The molecular weight excluding hydrogens is 725 g/mol. The number of rotatable bonds is 6. The predicted octanol–water partition coefficient (Wildman–Crippen LogP) is 15.3. The first-order chi connectivity index (χ1) is 28.8. The molecule has 0 spiro atoms. The lowest BCUT2D eigenvalue weighted by atomic mass is 9.85. The van der Waals surface area contributed by atoms with Gasteiger partial charge in [-0.3, -0.25) is 0 Å². The van der Waals surface area contributed by atoms with Gasteiger partial charge in [-0.2, -0.15) is 0 Å². The second-order valence-electron chi connectivity index (χ2n) is 16.1. The fourth-order valence-electron chi connectivity index (χ4n) is 10.1. The highest BCUT2D eigenvalue weighted by molar-refractivity contribution is 7.27. The SMILES string of the molecule is C1=CC(C2=CCC(N(c3ccc(-c4cccc5c4oc4ccccc45)cc3)c3cccc4c3sc3c4ccc4c3c3c(n4-c4ccccc4)CCC=C3)C=C2)CCC1. The Morgan fingerprint density at radius 1 is 0.672 bits per heavy atom. The van der Waals surface area contributed by atoms with Crippen molar-refractivity contribution in [2.45, 2.75) is 44.6 Å². The van der Waals surface area contributed by atoms with Gasteiger partial charge in [-0.25, -0.2) is 0 Å². The number of hydrogen-bond donors (Lipinski definition) is 0. The van der Waals surface area contributed by atoms with Crippen molar-refractivity contribution >= 4 is 81.8 Å². The Hall–Kier alpha value is -6.36. The van der Waals surface area contributed by atoms with E-state index in [-0.39, 0.29) is 6.04 Å². The molecule has 3 heterocycles. The van der Waals surface area contributed by atoms with Gasteiger partial charge < -0.3 is 13.9 Å². The lowest BCUT2D eigenvalue weighted by Gasteiger charge is -2.34. The Labute approximate surface area is 342 Å². The molecule has 280 valence electrons. The van der Waals surface area contributed by atoms with Gasteiger partial charge in [0, 0.05) is 65.7 Å². The molecule has 9 aromatic rings. The highest BCUT2D eigenvalue weighted by Crippen LogP contribution is 2.48. The van der Waals surface area contributed by atoms with Gasteiger partial charge in [-0.15, -0.1) is 11.3 Å². The third-order valence-electron chi connectivity index (χ3n) is 12.8. The van der Waals surface area contributed by atoms with Crippen LogP contribution in [-0.4, -0.2) is 10.6 Å². The lowest BCUT2D eigenvalue weighted by molar-refractivity contribution is 0.606. The molecule has 0 saturated heterocycles. The van der Waals surface area contributed by atoms with Crippen molar-refractivity contribution in [1.82, 2.24) is 4.57 Å². The van der Waals surface area contributed by atoms with Crippen LogP contribution in [0.1, 0.15) is 43.4 Å². The summed E-state index contributed by atoms with van der Waals surface area (Å²) in [7, 11) is 0. The first-order valence-electron chi connectivity index (χ1n) is 20.9. The lowest BCUT2D eigenvalue weighted by Crippen LogP contribution is -2.30. The number of para-hydroxylation sites is 3. The van der Waals surface area contributed by atoms with Gasteiger partial charge in [0.1, 0.15) is 11.2 Å². The molecule has 0 amide bonds. The third-order valence-corrected chi connectivity index (χ3v) is 14.1. The molecule has 6 aromatic carbocycles. The van der Waals surface area contributed by atoms with Crippen molar-refractivity contribution in [3.05, 3.63) is 181 Å². The van der Waals surface area contributed by atoms with Crippen LogP contribution in [0.25, 0.3) is 75.9 Å². The van der Waals surface area contributed by atoms with Crippen LogP contribution in [0.2, 0.25) is 0 Å². The van der Waals surface area contributed by atoms with Gasteiger partial charge in [-0.1, -0.05) is 127 Å². The zero-order chi connectivity index (χ0) is 38.2. The van der Waals surface area contributed by atoms with E-state index in [1.54, 1.807) is 0 Å². The number of thiophene rings is 1. The van der Waals surface area contributed by atoms with Gasteiger partial charge in [-0.05, 0) is 92.1 Å². The Kier molecular flexibility index (Phi) is 7.94. The van der Waals surface area contributed by atoms with Crippen molar-refractivity contribution in [2.24, 2.45) is 5.92 Å². The molecule has 0 bridgehead atoms. The average Bonchev–Trinajstić information content (AvgIpc) is 3.98. The molecule has 58 heavy (non-hydrogen) atoms. The molecule has 3 nitrogen and oxygen atoms in total. The number of furan rings is 1. The van der Waals surface area contributed by atoms with Gasteiger partial charge in [0.25, 0.3) is 0 Å². The molecule has 0 N–H and O–H groups in total. The van der Waals surface area contributed by atoms with E-state index in [1.165, 1.54) is 84.2 Å². The minimum absolute atomic E-state index is 0.173. The van der Waals surface area contributed by atoms with Crippen LogP contribution < -0.4 is 4.90 Å². The van der Waals surface area contributed by atoms with Gasteiger partial charge in [0.2, 0.25) is 0 Å². The normalized spacial score (nSPS) is 17.8. The van der Waals surface area contributed by atoms with E-state index in [9.17, 15) is 0 Å². The summed E-state index contributed by atoms with van der Waals surface area (Å²) in [4.78, 5) is 2.60. The van der Waals surface area contributed by atoms with Crippen molar-refractivity contribution in [1.29, 1.82) is 0 Å². The van der Waals surface area contributed by atoms with Crippen LogP contribution in [0.15, 0.2) is 174 Å². The van der Waals surface area contributed by atoms with Crippen LogP contribution in [-0.2, 0) is 6.42 Å². The third kappa shape index (κ3) is 5.32. The Bertz CT molecular complexity index is 3190. The summed E-state index contributed by atoms with van der Waals surface area (Å²) in [6, 6.07) is 46.8. The summed E-state index contributed by atoms with van der Waals surface area (Å²) in [5.41, 5.74) is 13.4. The summed E-state index contributed by atoms with van der Waals surface area (Å²) in [6.45, 7) is 0. The maximum atomic E-state index is 6.47. The highest BCUT2D eigenvalue weighted by atomic mass is 32.1. The van der Waals surface area contributed by atoms with E-state index in [0.29, 0.717) is 5.92 Å². The zero-order valence-electron chi connectivity index (χ0n) is 32.3. The molecule has 3 aliphatic carbocycles. The number of nitrogens with zero attached hydrogens (tertiary/aromatic N) is 2. The first kappa shape index (κ1) is 33.7. The van der Waals surface area contributed by atoms with E-state index < -0.39 is 0 Å². The monoisotopic (exact) mass is 766 g/mol. The fraction of sp³-hybridized carbons (Fsp3) is 0.148. The summed E-state index contributed by atoms with van der Waals surface area (Å²) in [6.07, 6.45) is 23.7. The van der Waals surface area contributed by atoms with E-state index in [2.05, 4.69) is 173 Å². The van der Waals surface area contributed by atoms with E-state index in [1.807, 2.05) is 17.4 Å². The van der Waals surface area contributed by atoms with Crippen molar-refractivity contribution in [3.63, 3.8) is 0 Å². The highest BCUT2D eigenvalue weighted by Gasteiger charge is 2.27. The van der Waals surface area contributed by atoms with E-state index >= 15 is 0 Å². The summed E-state index contributed by atoms with van der Waals surface area (Å²) in [5, 5.41) is 6.34. The number of allylic oxidation sites excluding steroid dienone is 5. The maximum absolute atomic E-state index is 6.47. The molecule has 0 saturated carbocycles. The minimum atomic E-state index is 0.173. The minimum Gasteiger partial charge on any atom is -0.455 e. The number of aromatic nitrogens is 1. The molecule has 3 aromatic heterocycles. The molecule has 0 radical (unpaired) electrons. The molecule has 3 aliphatic rings. The average molecular weight is 767 g/mol. The van der Waals surface area contributed by atoms with Crippen LogP contribution >= 0.6 is 11.3 Å². The fourth-order valence-corrected chi connectivity index (χ4v) is 11.4. The standard InChI is InChI=1S/C54H42N2OS/c1-3-13-35(14-4-1)36-25-29-39(30-26-36)55(40-31-27-37(28-32-40)41-19-11-20-43-42-17-8-10-24-50(42)57-52(41)43)49-23-12-21-44-45-33-34-48-51(54(45)58-53(44)49)46-18-7-9-22-47(46)56(48)38-15-5-2-6-16-38/h2-3,5-8,10-13,15-21,23-29,31-35,39H,1,4,9,14,22,30H2. The van der Waals surface area contributed by atoms with Crippen LogP contribution in [0.5, 0.6) is 0 Å². The van der Waals surface area contributed by atoms with E-state index in [4.69, 9.17) is 4.42 Å². The zero-order valence-corrected chi connectivity index (χ0v) is 33.1. The van der Waals surface area contributed by atoms with Gasteiger partial charge >= 0.3 is 0 Å². The number of anilines is 2. The Morgan fingerprint density at radius 3 is 2.36 bits per heavy atom. The maximum Gasteiger partial charge on any atom is 0.143 e. The van der Waals surface area contributed by atoms with Crippen LogP contribution in [0.3, 0.4) is 0 Å². The molecule has 2 atom stereocenters. The molecule has 0 aliphatic heterocycles.